The average molecular weight is 289 g/mol. The lowest BCUT2D eigenvalue weighted by Gasteiger charge is -2.17. The molecule has 116 valence electrons. The molecule has 0 amide bonds. The number of halogens is 2. The largest absolute Gasteiger partial charge is 0.481 e. The fraction of sp³-hybridized carbons (Fsp3) is 0.533. The number of hydrogen-bond donors (Lipinski definition) is 2. The monoisotopic (exact) mass is 289 g/mol. The Balaban J connectivity index is 0. The van der Waals surface area contributed by atoms with Crippen LogP contribution in [0.4, 0.5) is 8.78 Å². The van der Waals surface area contributed by atoms with Crippen LogP contribution in [0.15, 0.2) is 30.3 Å². The lowest BCUT2D eigenvalue weighted by atomic mass is 10.0. The van der Waals surface area contributed by atoms with Gasteiger partial charge in [0.15, 0.2) is 0 Å². The predicted octanol–water partition coefficient (Wildman–Crippen LogP) is 3.92. The molecule has 0 aliphatic carbocycles. The standard InChI is InChI=1S/C7H9N.C6H10F2O2.C2H6/c8-6-7-4-2-1-3-5-7;1-4(2)6(7,8)3-5(9)10;1-2/h1-5H,6,8H2;4H,3H2,1-2H3,(H,9,10);1-2H3. The highest BCUT2D eigenvalue weighted by Gasteiger charge is 2.35. The first-order chi connectivity index (χ1) is 9.29. The van der Waals surface area contributed by atoms with Gasteiger partial charge in [-0.3, -0.25) is 4.79 Å². The van der Waals surface area contributed by atoms with E-state index < -0.39 is 24.2 Å². The van der Waals surface area contributed by atoms with E-state index in [9.17, 15) is 13.6 Å². The number of nitrogens with two attached hydrogens (primary N) is 1. The number of carboxylic acids is 1. The first kappa shape index (κ1) is 20.8. The molecule has 0 bridgehead atoms. The molecule has 0 radical (unpaired) electrons. The van der Waals surface area contributed by atoms with Gasteiger partial charge in [0.2, 0.25) is 0 Å². The third-order valence-electron chi connectivity index (χ3n) is 2.31. The van der Waals surface area contributed by atoms with Crippen molar-refractivity contribution in [1.82, 2.24) is 0 Å². The zero-order valence-corrected chi connectivity index (χ0v) is 12.6. The van der Waals surface area contributed by atoms with Gasteiger partial charge in [0.05, 0.1) is 0 Å². The molecule has 1 aromatic rings. The molecule has 0 unspecified atom stereocenters. The summed E-state index contributed by atoms with van der Waals surface area (Å²) in [7, 11) is 0. The van der Waals surface area contributed by atoms with E-state index in [1.165, 1.54) is 19.4 Å². The summed E-state index contributed by atoms with van der Waals surface area (Å²) in [5.41, 5.74) is 6.54. The van der Waals surface area contributed by atoms with Gasteiger partial charge in [-0.05, 0) is 5.56 Å². The van der Waals surface area contributed by atoms with Crippen molar-refractivity contribution >= 4 is 5.97 Å². The predicted molar refractivity (Wildman–Crippen MR) is 77.7 cm³/mol. The topological polar surface area (TPSA) is 63.3 Å². The number of aliphatic carboxylic acids is 1. The normalized spacial score (nSPS) is 10.0. The smallest absolute Gasteiger partial charge is 0.309 e. The average Bonchev–Trinajstić information content (AvgIpc) is 2.41. The summed E-state index contributed by atoms with van der Waals surface area (Å²) in [6, 6.07) is 9.99. The number of alkyl halides is 2. The maximum atomic E-state index is 12.4. The van der Waals surface area contributed by atoms with Gasteiger partial charge in [-0.15, -0.1) is 0 Å². The number of hydrogen-bond acceptors (Lipinski definition) is 2. The third kappa shape index (κ3) is 10.4. The molecule has 0 saturated carbocycles. The van der Waals surface area contributed by atoms with Crippen molar-refractivity contribution in [3.8, 4) is 0 Å². The number of carbonyl (C=O) groups is 1. The van der Waals surface area contributed by atoms with E-state index in [1.54, 1.807) is 0 Å². The summed E-state index contributed by atoms with van der Waals surface area (Å²) in [6.07, 6.45) is -1.08. The second-order valence-electron chi connectivity index (χ2n) is 4.18. The van der Waals surface area contributed by atoms with Crippen LogP contribution in [0, 0.1) is 5.92 Å². The molecular formula is C15H25F2NO2. The van der Waals surface area contributed by atoms with Crippen LogP contribution in [0.2, 0.25) is 0 Å². The SMILES string of the molecule is CC.CC(C)C(F)(F)CC(=O)O.NCc1ccccc1. The zero-order valence-electron chi connectivity index (χ0n) is 12.6. The molecule has 3 nitrogen and oxygen atoms in total. The molecule has 0 aromatic heterocycles. The molecule has 0 saturated heterocycles. The first-order valence-electron chi connectivity index (χ1n) is 6.63. The highest BCUT2D eigenvalue weighted by molar-refractivity contribution is 5.67. The van der Waals surface area contributed by atoms with Crippen molar-refractivity contribution in [3.05, 3.63) is 35.9 Å². The summed E-state index contributed by atoms with van der Waals surface area (Å²) in [5, 5.41) is 8.02. The molecule has 1 aromatic carbocycles. The summed E-state index contributed by atoms with van der Waals surface area (Å²) in [6.45, 7) is 7.23. The van der Waals surface area contributed by atoms with Gasteiger partial charge in [0.25, 0.3) is 5.92 Å². The van der Waals surface area contributed by atoms with E-state index >= 15 is 0 Å². The molecule has 0 atom stereocenters. The van der Waals surface area contributed by atoms with Crippen molar-refractivity contribution in [2.45, 2.75) is 46.6 Å². The van der Waals surface area contributed by atoms with Crippen molar-refractivity contribution in [3.63, 3.8) is 0 Å². The summed E-state index contributed by atoms with van der Waals surface area (Å²) < 4.78 is 24.8. The second-order valence-corrected chi connectivity index (χ2v) is 4.18. The molecule has 0 aliphatic heterocycles. The first-order valence-corrected chi connectivity index (χ1v) is 6.63. The van der Waals surface area contributed by atoms with E-state index in [-0.39, 0.29) is 0 Å². The Labute approximate surface area is 119 Å². The lowest BCUT2D eigenvalue weighted by molar-refractivity contribution is -0.148. The molecule has 0 heterocycles. The number of rotatable bonds is 4. The van der Waals surface area contributed by atoms with Crippen LogP contribution in [-0.2, 0) is 11.3 Å². The van der Waals surface area contributed by atoms with Crippen LogP contribution in [0.5, 0.6) is 0 Å². The quantitative estimate of drug-likeness (QED) is 0.883. The van der Waals surface area contributed by atoms with E-state index in [0.717, 1.165) is 0 Å². The molecule has 0 aliphatic rings. The molecule has 20 heavy (non-hydrogen) atoms. The van der Waals surface area contributed by atoms with Crippen LogP contribution in [0.3, 0.4) is 0 Å². The van der Waals surface area contributed by atoms with Crippen LogP contribution >= 0.6 is 0 Å². The summed E-state index contributed by atoms with van der Waals surface area (Å²) in [5.74, 6) is -5.45. The van der Waals surface area contributed by atoms with Crippen LogP contribution < -0.4 is 5.73 Å². The Kier molecular flexibility index (Phi) is 11.8. The minimum atomic E-state index is -3.08. The molecule has 5 heteroatoms. The fourth-order valence-electron chi connectivity index (χ4n) is 1.02. The minimum absolute atomic E-state index is 0.640. The van der Waals surface area contributed by atoms with E-state index in [1.807, 2.05) is 44.2 Å². The van der Waals surface area contributed by atoms with Crippen molar-refractivity contribution < 1.29 is 18.7 Å². The van der Waals surface area contributed by atoms with E-state index in [4.69, 9.17) is 10.8 Å². The molecular weight excluding hydrogens is 264 g/mol. The highest BCUT2D eigenvalue weighted by atomic mass is 19.3. The Morgan fingerprint density at radius 1 is 1.25 bits per heavy atom. The Morgan fingerprint density at radius 2 is 1.70 bits per heavy atom. The zero-order chi connectivity index (χ0) is 16.2. The Bertz CT molecular complexity index is 354. The van der Waals surface area contributed by atoms with Gasteiger partial charge in [0.1, 0.15) is 6.42 Å². The van der Waals surface area contributed by atoms with Crippen LogP contribution in [-0.4, -0.2) is 17.0 Å². The van der Waals surface area contributed by atoms with Gasteiger partial charge in [-0.1, -0.05) is 58.0 Å². The Morgan fingerprint density at radius 3 is 1.90 bits per heavy atom. The van der Waals surface area contributed by atoms with Gasteiger partial charge in [0, 0.05) is 12.5 Å². The number of benzene rings is 1. The maximum absolute atomic E-state index is 12.4. The Hall–Kier alpha value is -1.49. The van der Waals surface area contributed by atoms with Crippen molar-refractivity contribution in [1.29, 1.82) is 0 Å². The third-order valence-corrected chi connectivity index (χ3v) is 2.31. The van der Waals surface area contributed by atoms with Gasteiger partial charge < -0.3 is 10.8 Å². The molecule has 1 rings (SSSR count). The minimum Gasteiger partial charge on any atom is -0.481 e. The maximum Gasteiger partial charge on any atom is 0.309 e. The molecule has 0 spiro atoms. The van der Waals surface area contributed by atoms with Crippen LogP contribution in [0.25, 0.3) is 0 Å². The van der Waals surface area contributed by atoms with Crippen molar-refractivity contribution in [2.24, 2.45) is 11.7 Å². The summed E-state index contributed by atoms with van der Waals surface area (Å²) >= 11 is 0. The van der Waals surface area contributed by atoms with E-state index in [2.05, 4.69) is 0 Å². The van der Waals surface area contributed by atoms with Gasteiger partial charge in [-0.25, -0.2) is 8.78 Å². The van der Waals surface area contributed by atoms with Crippen molar-refractivity contribution in [2.75, 3.05) is 0 Å². The molecule has 0 fully saturated rings. The lowest BCUT2D eigenvalue weighted by Crippen LogP contribution is -2.27. The van der Waals surface area contributed by atoms with E-state index in [0.29, 0.717) is 6.54 Å². The molecule has 3 N–H and O–H groups in total. The van der Waals surface area contributed by atoms with Crippen LogP contribution in [0.1, 0.15) is 39.7 Å². The second kappa shape index (κ2) is 11.3. The highest BCUT2D eigenvalue weighted by Crippen LogP contribution is 2.27. The summed E-state index contributed by atoms with van der Waals surface area (Å²) in [4.78, 5) is 9.84. The van der Waals surface area contributed by atoms with Gasteiger partial charge >= 0.3 is 5.97 Å². The van der Waals surface area contributed by atoms with Gasteiger partial charge in [-0.2, -0.15) is 0 Å². The number of carboxylic acid groups (broad SMARTS) is 1. The fourth-order valence-corrected chi connectivity index (χ4v) is 1.02.